The lowest BCUT2D eigenvalue weighted by Crippen LogP contribution is -1.97. The number of fused-ring (bicyclic) bond motifs is 3. The SMILES string of the molecule is Cc1ccc2c(c1)nc(N)c1nccc(F)c12. The van der Waals surface area contributed by atoms with Gasteiger partial charge >= 0.3 is 0 Å². The fraction of sp³-hybridized carbons (Fsp3) is 0.0769. The molecule has 0 amide bonds. The summed E-state index contributed by atoms with van der Waals surface area (Å²) in [5.74, 6) is -0.0597. The largest absolute Gasteiger partial charge is 0.382 e. The third-order valence-corrected chi connectivity index (χ3v) is 2.81. The van der Waals surface area contributed by atoms with Crippen molar-refractivity contribution in [2.75, 3.05) is 5.73 Å². The Morgan fingerprint density at radius 2 is 2.06 bits per heavy atom. The molecule has 3 nitrogen and oxygen atoms in total. The van der Waals surface area contributed by atoms with Gasteiger partial charge in [-0.3, -0.25) is 4.98 Å². The highest BCUT2D eigenvalue weighted by atomic mass is 19.1. The highest BCUT2D eigenvalue weighted by Crippen LogP contribution is 2.28. The van der Waals surface area contributed by atoms with Gasteiger partial charge < -0.3 is 5.73 Å². The second-order valence-corrected chi connectivity index (χ2v) is 4.03. The Bertz CT molecular complexity index is 737. The first-order valence-corrected chi connectivity index (χ1v) is 5.27. The first-order chi connectivity index (χ1) is 8.16. The van der Waals surface area contributed by atoms with Crippen molar-refractivity contribution < 1.29 is 4.39 Å². The van der Waals surface area contributed by atoms with Gasteiger partial charge in [0.2, 0.25) is 0 Å². The van der Waals surface area contributed by atoms with Crippen molar-refractivity contribution >= 4 is 27.6 Å². The number of nitrogens with two attached hydrogens (primary N) is 1. The molecule has 3 rings (SSSR count). The lowest BCUT2D eigenvalue weighted by Gasteiger charge is -2.06. The van der Waals surface area contributed by atoms with Crippen LogP contribution in [0, 0.1) is 12.7 Å². The fourth-order valence-electron chi connectivity index (χ4n) is 2.02. The van der Waals surface area contributed by atoms with Gasteiger partial charge in [0.05, 0.1) is 5.52 Å². The number of nitrogen functional groups attached to an aromatic ring is 1. The van der Waals surface area contributed by atoms with Crippen LogP contribution >= 0.6 is 0 Å². The van der Waals surface area contributed by atoms with Gasteiger partial charge in [0.15, 0.2) is 5.82 Å². The molecule has 0 radical (unpaired) electrons. The van der Waals surface area contributed by atoms with Crippen LogP contribution < -0.4 is 5.73 Å². The van der Waals surface area contributed by atoms with Crippen LogP contribution in [0.2, 0.25) is 0 Å². The van der Waals surface area contributed by atoms with Crippen LogP contribution in [-0.4, -0.2) is 9.97 Å². The number of pyridine rings is 2. The number of aryl methyl sites for hydroxylation is 1. The quantitative estimate of drug-likeness (QED) is 0.601. The maximum Gasteiger partial charge on any atom is 0.150 e. The summed E-state index contributed by atoms with van der Waals surface area (Å²) in [5.41, 5.74) is 7.98. The number of anilines is 1. The number of aromatic nitrogens is 2. The zero-order chi connectivity index (χ0) is 12.0. The zero-order valence-electron chi connectivity index (χ0n) is 9.24. The summed E-state index contributed by atoms with van der Waals surface area (Å²) in [4.78, 5) is 8.34. The molecule has 84 valence electrons. The molecule has 0 bridgehead atoms. The van der Waals surface area contributed by atoms with E-state index in [1.54, 1.807) is 0 Å². The number of hydrogen-bond acceptors (Lipinski definition) is 3. The summed E-state index contributed by atoms with van der Waals surface area (Å²) in [7, 11) is 0. The van der Waals surface area contributed by atoms with E-state index in [1.807, 2.05) is 25.1 Å². The van der Waals surface area contributed by atoms with Crippen molar-refractivity contribution in [3.8, 4) is 0 Å². The van der Waals surface area contributed by atoms with Gasteiger partial charge in [-0.05, 0) is 24.6 Å². The summed E-state index contributed by atoms with van der Waals surface area (Å²) in [6, 6.07) is 6.99. The highest BCUT2D eigenvalue weighted by molar-refractivity contribution is 6.08. The Morgan fingerprint density at radius 1 is 1.24 bits per heavy atom. The smallest absolute Gasteiger partial charge is 0.150 e. The minimum atomic E-state index is -0.321. The van der Waals surface area contributed by atoms with Crippen LogP contribution in [-0.2, 0) is 0 Å². The Kier molecular flexibility index (Phi) is 1.98. The van der Waals surface area contributed by atoms with E-state index in [0.29, 0.717) is 16.4 Å². The molecule has 0 saturated heterocycles. The summed E-state index contributed by atoms with van der Waals surface area (Å²) < 4.78 is 13.9. The predicted octanol–water partition coefficient (Wildman–Crippen LogP) is 2.81. The molecule has 0 aliphatic rings. The first kappa shape index (κ1) is 9.96. The maximum absolute atomic E-state index is 13.9. The summed E-state index contributed by atoms with van der Waals surface area (Å²) >= 11 is 0. The molecule has 0 aliphatic heterocycles. The molecule has 0 saturated carbocycles. The number of nitrogens with zero attached hydrogens (tertiary/aromatic N) is 2. The molecule has 17 heavy (non-hydrogen) atoms. The van der Waals surface area contributed by atoms with Gasteiger partial charge in [-0.1, -0.05) is 12.1 Å². The summed E-state index contributed by atoms with van der Waals surface area (Å²) in [5, 5.41) is 1.18. The molecular weight excluding hydrogens is 217 g/mol. The standard InChI is InChI=1S/C13H10FN3/c1-7-2-3-8-10(6-7)17-13(15)12-11(8)9(14)4-5-16-12/h2-6H,1H3,(H2,15,17). The van der Waals surface area contributed by atoms with Crippen LogP contribution in [0.5, 0.6) is 0 Å². The van der Waals surface area contributed by atoms with E-state index >= 15 is 0 Å². The summed E-state index contributed by atoms with van der Waals surface area (Å²) in [6.45, 7) is 1.96. The van der Waals surface area contributed by atoms with Crippen LogP contribution in [0.15, 0.2) is 30.5 Å². The van der Waals surface area contributed by atoms with E-state index in [9.17, 15) is 4.39 Å². The van der Waals surface area contributed by atoms with Gasteiger partial charge in [0, 0.05) is 17.0 Å². The normalized spacial score (nSPS) is 11.2. The molecule has 0 spiro atoms. The van der Waals surface area contributed by atoms with Crippen molar-refractivity contribution in [2.45, 2.75) is 6.92 Å². The molecule has 1 aromatic carbocycles. The number of halogens is 1. The average Bonchev–Trinajstić information content (AvgIpc) is 2.29. The molecule has 0 atom stereocenters. The third kappa shape index (κ3) is 1.41. The van der Waals surface area contributed by atoms with Crippen LogP contribution in [0.4, 0.5) is 10.2 Å². The Balaban J connectivity index is 2.62. The van der Waals surface area contributed by atoms with E-state index in [0.717, 1.165) is 10.9 Å². The Hall–Kier alpha value is -2.23. The minimum absolute atomic E-state index is 0.262. The number of hydrogen-bond donors (Lipinski definition) is 1. The van der Waals surface area contributed by atoms with Crippen molar-refractivity contribution in [1.29, 1.82) is 0 Å². The van der Waals surface area contributed by atoms with Crippen molar-refractivity contribution in [3.63, 3.8) is 0 Å². The first-order valence-electron chi connectivity index (χ1n) is 5.27. The topological polar surface area (TPSA) is 51.8 Å². The van der Waals surface area contributed by atoms with Crippen molar-refractivity contribution in [3.05, 3.63) is 41.8 Å². The van der Waals surface area contributed by atoms with E-state index in [1.165, 1.54) is 12.3 Å². The zero-order valence-corrected chi connectivity index (χ0v) is 9.24. The van der Waals surface area contributed by atoms with Crippen LogP contribution in [0.3, 0.4) is 0 Å². The monoisotopic (exact) mass is 227 g/mol. The van der Waals surface area contributed by atoms with Crippen molar-refractivity contribution in [2.24, 2.45) is 0 Å². The van der Waals surface area contributed by atoms with Gasteiger partial charge in [-0.15, -0.1) is 0 Å². The van der Waals surface area contributed by atoms with E-state index < -0.39 is 0 Å². The third-order valence-electron chi connectivity index (χ3n) is 2.81. The Labute approximate surface area is 97.1 Å². The van der Waals surface area contributed by atoms with Gasteiger partial charge in [0.25, 0.3) is 0 Å². The van der Waals surface area contributed by atoms with Crippen LogP contribution in [0.1, 0.15) is 5.56 Å². The predicted molar refractivity (Wildman–Crippen MR) is 66.2 cm³/mol. The molecule has 3 aromatic rings. The van der Waals surface area contributed by atoms with Crippen molar-refractivity contribution in [1.82, 2.24) is 9.97 Å². The number of rotatable bonds is 0. The summed E-state index contributed by atoms with van der Waals surface area (Å²) in [6.07, 6.45) is 1.40. The molecule has 0 unspecified atom stereocenters. The average molecular weight is 227 g/mol. The lowest BCUT2D eigenvalue weighted by molar-refractivity contribution is 0.639. The van der Waals surface area contributed by atoms with Crippen LogP contribution in [0.25, 0.3) is 21.8 Å². The minimum Gasteiger partial charge on any atom is -0.382 e. The molecule has 0 aliphatic carbocycles. The number of benzene rings is 1. The Morgan fingerprint density at radius 3 is 2.88 bits per heavy atom. The van der Waals surface area contributed by atoms with Gasteiger partial charge in [0.1, 0.15) is 11.3 Å². The van der Waals surface area contributed by atoms with E-state index in [2.05, 4.69) is 9.97 Å². The maximum atomic E-state index is 13.9. The van der Waals surface area contributed by atoms with Gasteiger partial charge in [-0.2, -0.15) is 0 Å². The second kappa shape index (κ2) is 3.38. The molecule has 0 fully saturated rings. The molecule has 2 N–H and O–H groups in total. The van der Waals surface area contributed by atoms with Gasteiger partial charge in [-0.25, -0.2) is 9.37 Å². The fourth-order valence-corrected chi connectivity index (χ4v) is 2.02. The van der Waals surface area contributed by atoms with E-state index in [-0.39, 0.29) is 11.6 Å². The van der Waals surface area contributed by atoms with E-state index in [4.69, 9.17) is 5.73 Å². The second-order valence-electron chi connectivity index (χ2n) is 4.03. The molecule has 2 heterocycles. The highest BCUT2D eigenvalue weighted by Gasteiger charge is 2.10. The molecular formula is C13H10FN3. The molecule has 4 heteroatoms. The molecule has 2 aromatic heterocycles. The lowest BCUT2D eigenvalue weighted by atomic mass is 10.1.